The fourth-order valence-electron chi connectivity index (χ4n) is 4.16. The predicted octanol–water partition coefficient (Wildman–Crippen LogP) is 5.15. The van der Waals surface area contributed by atoms with Gasteiger partial charge in [-0.1, -0.05) is 31.5 Å². The first-order chi connectivity index (χ1) is 16.3. The molecule has 4 aromatic rings. The van der Waals surface area contributed by atoms with Gasteiger partial charge in [0, 0.05) is 24.1 Å². The quantitative estimate of drug-likeness (QED) is 0.283. The number of hydrogen-bond donors (Lipinski definition) is 2. The first-order valence-electron chi connectivity index (χ1n) is 11.3. The molecule has 0 aliphatic rings. The molecular formula is C26H28ClN5O2. The zero-order valence-electron chi connectivity index (χ0n) is 19.6. The van der Waals surface area contributed by atoms with Gasteiger partial charge < -0.3 is 15.4 Å². The Bertz CT molecular complexity index is 1420. The van der Waals surface area contributed by atoms with E-state index < -0.39 is 0 Å². The zero-order valence-corrected chi connectivity index (χ0v) is 20.4. The minimum atomic E-state index is -0.380. The summed E-state index contributed by atoms with van der Waals surface area (Å²) in [6.45, 7) is 6.41. The number of carbonyl (C=O) groups excluding carboxylic acids is 1. The summed E-state index contributed by atoms with van der Waals surface area (Å²) in [5.41, 5.74) is 11.9. The summed E-state index contributed by atoms with van der Waals surface area (Å²) in [7, 11) is 0. The summed E-state index contributed by atoms with van der Waals surface area (Å²) >= 11 is 5.63. The van der Waals surface area contributed by atoms with Crippen molar-refractivity contribution in [1.29, 1.82) is 0 Å². The van der Waals surface area contributed by atoms with Gasteiger partial charge in [-0.15, -0.1) is 11.6 Å². The zero-order chi connectivity index (χ0) is 24.4. The molecule has 4 rings (SSSR count). The Morgan fingerprint density at radius 1 is 1.21 bits per heavy atom. The standard InChI is InChI=1S/C26H28ClN5O2/c1-4-5-6-22-31-24-25(32(22)14-17-7-10-21(33)15(2)11-17)19-12-18(16(3)29-23(34)13-27)8-9-20(19)30-26(24)28/h7-12,33H,4-6,13-14H2,1-3H3,(H2,28,30). The van der Waals surface area contributed by atoms with Crippen LogP contribution in [0.3, 0.4) is 0 Å². The second-order valence-corrected chi connectivity index (χ2v) is 8.76. The van der Waals surface area contributed by atoms with E-state index in [1.807, 2.05) is 37.3 Å². The van der Waals surface area contributed by atoms with Crippen molar-refractivity contribution in [1.82, 2.24) is 14.5 Å². The largest absolute Gasteiger partial charge is 0.508 e. The summed E-state index contributed by atoms with van der Waals surface area (Å²) in [4.78, 5) is 25.3. The van der Waals surface area contributed by atoms with Gasteiger partial charge in [-0.25, -0.2) is 15.0 Å². The second-order valence-electron chi connectivity index (χ2n) is 8.49. The molecule has 7 nitrogen and oxygen atoms in total. The number of fused-ring (bicyclic) bond motifs is 3. The highest BCUT2D eigenvalue weighted by Gasteiger charge is 2.18. The number of carbonyl (C=O) groups is 1. The number of phenolic OH excluding ortho intramolecular Hbond substituents is 1. The molecule has 2 heterocycles. The molecule has 0 atom stereocenters. The van der Waals surface area contributed by atoms with Crippen LogP contribution in [0.1, 0.15) is 49.2 Å². The van der Waals surface area contributed by atoms with Crippen molar-refractivity contribution in [2.24, 2.45) is 4.99 Å². The number of anilines is 1. The normalized spacial score (nSPS) is 12.1. The number of phenols is 1. The molecule has 1 amide bonds. The topological polar surface area (TPSA) is 106 Å². The Morgan fingerprint density at radius 2 is 2.00 bits per heavy atom. The highest BCUT2D eigenvalue weighted by Crippen LogP contribution is 2.31. The molecule has 0 unspecified atom stereocenters. The van der Waals surface area contributed by atoms with Crippen LogP contribution in [-0.4, -0.2) is 37.1 Å². The van der Waals surface area contributed by atoms with Crippen molar-refractivity contribution in [3.8, 4) is 5.75 Å². The van der Waals surface area contributed by atoms with E-state index in [0.717, 1.165) is 58.2 Å². The van der Waals surface area contributed by atoms with Crippen molar-refractivity contribution in [3.63, 3.8) is 0 Å². The SMILES string of the molecule is CCCCc1nc2c(N)nc3ccc(C(C)=NC(=O)CCl)cc3c2n1Cc1ccc(O)c(C)c1. The number of aromatic hydroxyl groups is 1. The van der Waals surface area contributed by atoms with Crippen LogP contribution in [0.15, 0.2) is 41.4 Å². The molecule has 8 heteroatoms. The number of alkyl halides is 1. The van der Waals surface area contributed by atoms with Crippen molar-refractivity contribution in [2.45, 2.75) is 46.6 Å². The van der Waals surface area contributed by atoms with E-state index in [1.54, 1.807) is 13.0 Å². The van der Waals surface area contributed by atoms with Crippen molar-refractivity contribution in [3.05, 3.63) is 58.9 Å². The molecule has 2 aromatic heterocycles. The number of amides is 1. The molecule has 0 radical (unpaired) electrons. The second kappa shape index (κ2) is 9.81. The van der Waals surface area contributed by atoms with E-state index in [0.29, 0.717) is 23.6 Å². The van der Waals surface area contributed by atoms with Gasteiger partial charge in [0.15, 0.2) is 5.82 Å². The first kappa shape index (κ1) is 23.7. The number of benzene rings is 2. The third kappa shape index (κ3) is 4.61. The Hall–Kier alpha value is -3.45. The van der Waals surface area contributed by atoms with Gasteiger partial charge in [-0.2, -0.15) is 0 Å². The number of unbranched alkanes of at least 4 members (excludes halogenated alkanes) is 1. The molecule has 0 aliphatic carbocycles. The number of aliphatic imine (C=N–C) groups is 1. The third-order valence-corrected chi connectivity index (χ3v) is 6.19. The molecule has 0 aliphatic heterocycles. The number of halogens is 1. The average Bonchev–Trinajstić information content (AvgIpc) is 3.18. The fraction of sp³-hybridized carbons (Fsp3) is 0.308. The molecule has 2 aromatic carbocycles. The monoisotopic (exact) mass is 477 g/mol. The van der Waals surface area contributed by atoms with Crippen molar-refractivity contribution < 1.29 is 9.90 Å². The van der Waals surface area contributed by atoms with Gasteiger partial charge in [-0.05, 0) is 55.2 Å². The van der Waals surface area contributed by atoms with Gasteiger partial charge in [0.2, 0.25) is 0 Å². The maximum atomic E-state index is 11.7. The Morgan fingerprint density at radius 3 is 2.71 bits per heavy atom. The maximum Gasteiger partial charge on any atom is 0.260 e. The molecule has 0 fully saturated rings. The number of aromatic nitrogens is 3. The van der Waals surface area contributed by atoms with E-state index in [1.165, 1.54) is 0 Å². The van der Waals surface area contributed by atoms with Gasteiger partial charge in [0.25, 0.3) is 5.91 Å². The average molecular weight is 478 g/mol. The van der Waals surface area contributed by atoms with Crippen LogP contribution in [0.25, 0.3) is 21.9 Å². The summed E-state index contributed by atoms with van der Waals surface area (Å²) in [5, 5.41) is 10.9. The van der Waals surface area contributed by atoms with Crippen LogP contribution in [0.5, 0.6) is 5.75 Å². The number of nitrogens with zero attached hydrogens (tertiary/aromatic N) is 4. The lowest BCUT2D eigenvalue weighted by molar-refractivity contribution is -0.115. The Balaban J connectivity index is 1.96. The molecule has 0 spiro atoms. The lowest BCUT2D eigenvalue weighted by Crippen LogP contribution is -2.07. The maximum absolute atomic E-state index is 11.7. The molecule has 176 valence electrons. The summed E-state index contributed by atoms with van der Waals surface area (Å²) in [6, 6.07) is 11.4. The number of nitrogens with two attached hydrogens (primary N) is 1. The fourth-order valence-corrected chi connectivity index (χ4v) is 4.22. The predicted molar refractivity (Wildman–Crippen MR) is 138 cm³/mol. The van der Waals surface area contributed by atoms with Gasteiger partial charge in [0.1, 0.15) is 23.0 Å². The van der Waals surface area contributed by atoms with E-state index >= 15 is 0 Å². The summed E-state index contributed by atoms with van der Waals surface area (Å²) in [6.07, 6.45) is 2.86. The van der Waals surface area contributed by atoms with Crippen molar-refractivity contribution in [2.75, 3.05) is 11.6 Å². The van der Waals surface area contributed by atoms with Crippen LogP contribution in [0.4, 0.5) is 5.82 Å². The van der Waals surface area contributed by atoms with E-state index in [9.17, 15) is 9.90 Å². The lowest BCUT2D eigenvalue weighted by atomic mass is 10.1. The third-order valence-electron chi connectivity index (χ3n) is 5.96. The molecule has 3 N–H and O–H groups in total. The number of aryl methyl sites for hydroxylation is 2. The number of hydrogen-bond acceptors (Lipinski definition) is 5. The number of nitrogen functional groups attached to an aromatic ring is 1. The smallest absolute Gasteiger partial charge is 0.260 e. The number of pyridine rings is 1. The minimum absolute atomic E-state index is 0.160. The molecule has 34 heavy (non-hydrogen) atoms. The first-order valence-corrected chi connectivity index (χ1v) is 11.9. The lowest BCUT2D eigenvalue weighted by Gasteiger charge is -2.13. The Labute approximate surface area is 203 Å². The molecule has 0 saturated heterocycles. The van der Waals surface area contributed by atoms with Gasteiger partial charge in [0.05, 0.1) is 11.0 Å². The molecule has 0 bridgehead atoms. The number of imidazole rings is 1. The van der Waals surface area contributed by atoms with Gasteiger partial charge >= 0.3 is 0 Å². The number of rotatable bonds is 7. The minimum Gasteiger partial charge on any atom is -0.508 e. The van der Waals surface area contributed by atoms with Crippen LogP contribution in [0, 0.1) is 6.92 Å². The van der Waals surface area contributed by atoms with Crippen LogP contribution in [0.2, 0.25) is 0 Å². The molecule has 0 saturated carbocycles. The highest BCUT2D eigenvalue weighted by molar-refractivity contribution is 6.28. The van der Waals surface area contributed by atoms with Crippen LogP contribution < -0.4 is 5.73 Å². The van der Waals surface area contributed by atoms with Crippen LogP contribution >= 0.6 is 11.6 Å². The van der Waals surface area contributed by atoms with E-state index in [-0.39, 0.29) is 17.5 Å². The van der Waals surface area contributed by atoms with E-state index in [4.69, 9.17) is 22.3 Å². The van der Waals surface area contributed by atoms with E-state index in [2.05, 4.69) is 21.5 Å². The Kier molecular flexibility index (Phi) is 6.84. The van der Waals surface area contributed by atoms with Crippen molar-refractivity contribution >= 4 is 51.0 Å². The highest BCUT2D eigenvalue weighted by atomic mass is 35.5. The molecular weight excluding hydrogens is 450 g/mol. The van der Waals surface area contributed by atoms with Crippen LogP contribution in [-0.2, 0) is 17.8 Å². The summed E-state index contributed by atoms with van der Waals surface area (Å²) < 4.78 is 2.19. The summed E-state index contributed by atoms with van der Waals surface area (Å²) in [5.74, 6) is 1.06. The van der Waals surface area contributed by atoms with Gasteiger partial charge in [-0.3, -0.25) is 4.79 Å².